The second kappa shape index (κ2) is 11.5. The first-order valence-electron chi connectivity index (χ1n) is 9.44. The molecule has 1 N–H and O–H groups in total. The Morgan fingerprint density at radius 2 is 1.93 bits per heavy atom. The van der Waals surface area contributed by atoms with Gasteiger partial charge in [0.1, 0.15) is 12.3 Å². The molecule has 0 aromatic rings. The number of carbonyl (C=O) groups is 2. The maximum absolute atomic E-state index is 11.9. The Labute approximate surface area is 162 Å². The molecule has 1 fully saturated rings. The summed E-state index contributed by atoms with van der Waals surface area (Å²) in [6.07, 6.45) is 3.21. The summed E-state index contributed by atoms with van der Waals surface area (Å²) >= 11 is 0. The Balaban J connectivity index is 2.94. The van der Waals surface area contributed by atoms with E-state index in [1.54, 1.807) is 6.20 Å². The molecule has 7 heteroatoms. The van der Waals surface area contributed by atoms with Crippen LogP contribution < -0.4 is 0 Å². The summed E-state index contributed by atoms with van der Waals surface area (Å²) in [7, 11) is 0. The highest BCUT2D eigenvalue weighted by molar-refractivity contribution is 6.01. The van der Waals surface area contributed by atoms with Gasteiger partial charge in [0, 0.05) is 50.1 Å². The lowest BCUT2D eigenvalue weighted by Crippen LogP contribution is -2.44. The lowest BCUT2D eigenvalue weighted by atomic mass is 10.1. The zero-order valence-electron chi connectivity index (χ0n) is 17.0. The van der Waals surface area contributed by atoms with E-state index in [4.69, 9.17) is 9.84 Å². The Bertz CT molecular complexity index is 578. The average molecular weight is 380 g/mol. The van der Waals surface area contributed by atoms with E-state index in [2.05, 4.69) is 42.1 Å². The van der Waals surface area contributed by atoms with Gasteiger partial charge in [0.05, 0.1) is 13.2 Å². The largest absolute Gasteiger partial charge is 0.481 e. The molecule has 27 heavy (non-hydrogen) atoms. The number of carbonyl (C=O) groups excluding carboxylic acids is 1. The molecule has 1 aliphatic rings. The predicted molar refractivity (Wildman–Crippen MR) is 107 cm³/mol. The van der Waals surface area contributed by atoms with E-state index in [-0.39, 0.29) is 6.04 Å². The second-order valence-electron chi connectivity index (χ2n) is 7.25. The van der Waals surface area contributed by atoms with Crippen molar-refractivity contribution in [3.8, 4) is 0 Å². The van der Waals surface area contributed by atoms with Gasteiger partial charge in [-0.3, -0.25) is 9.59 Å². The first kappa shape index (κ1) is 22.9. The summed E-state index contributed by atoms with van der Waals surface area (Å²) in [6.45, 7) is 15.7. The van der Waals surface area contributed by atoms with Crippen molar-refractivity contribution in [2.75, 3.05) is 32.8 Å². The van der Waals surface area contributed by atoms with Crippen LogP contribution in [0.3, 0.4) is 0 Å². The van der Waals surface area contributed by atoms with Crippen molar-refractivity contribution < 1.29 is 19.4 Å². The lowest BCUT2D eigenvalue weighted by molar-refractivity contribution is -0.139. The molecule has 0 aliphatic carbocycles. The van der Waals surface area contributed by atoms with Gasteiger partial charge >= 0.3 is 5.97 Å². The maximum Gasteiger partial charge on any atom is 0.311 e. The van der Waals surface area contributed by atoms with Gasteiger partial charge in [-0.2, -0.15) is 0 Å². The van der Waals surface area contributed by atoms with Crippen molar-refractivity contribution in [2.45, 2.75) is 46.6 Å². The summed E-state index contributed by atoms with van der Waals surface area (Å²) < 4.78 is 5.42. The van der Waals surface area contributed by atoms with Gasteiger partial charge in [-0.05, 0) is 19.8 Å². The number of rotatable bonds is 10. The highest BCUT2D eigenvalue weighted by Crippen LogP contribution is 2.17. The summed E-state index contributed by atoms with van der Waals surface area (Å²) in [5, 5.41) is 8.81. The second-order valence-corrected chi connectivity index (χ2v) is 7.25. The van der Waals surface area contributed by atoms with Crippen LogP contribution in [0, 0.1) is 5.92 Å². The predicted octanol–water partition coefficient (Wildman–Crippen LogP) is 2.54. The van der Waals surface area contributed by atoms with Gasteiger partial charge in [0.15, 0.2) is 5.78 Å². The van der Waals surface area contributed by atoms with Crippen LogP contribution in [-0.4, -0.2) is 71.4 Å². The van der Waals surface area contributed by atoms with E-state index in [1.807, 2.05) is 6.92 Å². The number of amidine groups is 1. The van der Waals surface area contributed by atoms with Crippen LogP contribution in [-0.2, 0) is 14.3 Å². The Hall–Kier alpha value is -2.15. The fourth-order valence-corrected chi connectivity index (χ4v) is 3.15. The molecule has 0 spiro atoms. The van der Waals surface area contributed by atoms with E-state index >= 15 is 0 Å². The minimum Gasteiger partial charge on any atom is -0.481 e. The molecule has 0 saturated carbocycles. The molecule has 1 heterocycles. The van der Waals surface area contributed by atoms with Gasteiger partial charge in [0.25, 0.3) is 0 Å². The Kier molecular flexibility index (Phi) is 9.78. The Morgan fingerprint density at radius 3 is 2.44 bits per heavy atom. The van der Waals surface area contributed by atoms with Gasteiger partial charge in [-0.1, -0.05) is 20.4 Å². The summed E-state index contributed by atoms with van der Waals surface area (Å²) in [6, 6.07) is 0.0998. The highest BCUT2D eigenvalue weighted by Gasteiger charge is 2.22. The number of ether oxygens (including phenoxy) is 1. The van der Waals surface area contributed by atoms with Crippen LogP contribution in [0.5, 0.6) is 0 Å². The Morgan fingerprint density at radius 1 is 1.30 bits per heavy atom. The monoisotopic (exact) mass is 379 g/mol. The van der Waals surface area contributed by atoms with Crippen LogP contribution >= 0.6 is 0 Å². The number of aliphatic imine (C=N–C) groups is 1. The SMILES string of the molecule is C=CN=C(C[C@@H](C)N(CC(C)C)/C(C)=C\C(=O)CC(=O)O)N1CCOCC1. The number of hydrogen-bond donors (Lipinski definition) is 1. The van der Waals surface area contributed by atoms with Crippen molar-refractivity contribution >= 4 is 17.6 Å². The minimum absolute atomic E-state index is 0.0998. The molecule has 1 saturated heterocycles. The van der Waals surface area contributed by atoms with Crippen LogP contribution in [0.2, 0.25) is 0 Å². The third-order valence-corrected chi connectivity index (χ3v) is 4.34. The third kappa shape index (κ3) is 8.39. The third-order valence-electron chi connectivity index (χ3n) is 4.34. The number of hydrogen-bond acceptors (Lipinski definition) is 5. The van der Waals surface area contributed by atoms with E-state index < -0.39 is 18.2 Å². The summed E-state index contributed by atoms with van der Waals surface area (Å²) in [4.78, 5) is 31.5. The van der Waals surface area contributed by atoms with Crippen LogP contribution in [0.1, 0.15) is 40.5 Å². The molecule has 152 valence electrons. The van der Waals surface area contributed by atoms with Gasteiger partial charge in [0.2, 0.25) is 0 Å². The number of morpholine rings is 1. The number of carboxylic acids is 1. The van der Waals surface area contributed by atoms with Crippen LogP contribution in [0.15, 0.2) is 29.5 Å². The molecule has 7 nitrogen and oxygen atoms in total. The van der Waals surface area contributed by atoms with Gasteiger partial charge in [-0.25, -0.2) is 4.99 Å². The molecule has 1 rings (SSSR count). The fourth-order valence-electron chi connectivity index (χ4n) is 3.15. The molecular formula is C20H33N3O4. The maximum atomic E-state index is 11.9. The number of allylic oxidation sites excluding steroid dienone is 2. The molecule has 0 radical (unpaired) electrons. The number of nitrogens with zero attached hydrogens (tertiary/aromatic N) is 3. The number of carboxylic acid groups (broad SMARTS) is 1. The quantitative estimate of drug-likeness (QED) is 0.272. The van der Waals surface area contributed by atoms with Crippen molar-refractivity contribution in [3.05, 3.63) is 24.6 Å². The van der Waals surface area contributed by atoms with E-state index in [9.17, 15) is 9.59 Å². The fraction of sp³-hybridized carbons (Fsp3) is 0.650. The minimum atomic E-state index is -1.11. The summed E-state index contributed by atoms with van der Waals surface area (Å²) in [5.41, 5.74) is 0.780. The van der Waals surface area contributed by atoms with Gasteiger partial charge < -0.3 is 19.6 Å². The van der Waals surface area contributed by atoms with E-state index in [0.717, 1.165) is 31.2 Å². The molecule has 0 amide bonds. The zero-order chi connectivity index (χ0) is 20.4. The van der Waals surface area contributed by atoms with Crippen molar-refractivity contribution in [3.63, 3.8) is 0 Å². The molecule has 1 aliphatic heterocycles. The van der Waals surface area contributed by atoms with Crippen molar-refractivity contribution in [1.29, 1.82) is 0 Å². The number of ketones is 1. The van der Waals surface area contributed by atoms with E-state index in [1.165, 1.54) is 6.08 Å². The standard InChI is InChI=1S/C20H33N3O4/c1-6-21-19(22-7-9-27-10-8-22)12-17(5)23(14-15(2)3)16(4)11-18(24)13-20(25)26/h6,11,15,17H,1,7-10,12-14H2,2-5H3,(H,25,26)/b16-11-,21-19?/t17-/m1/s1. The molecular weight excluding hydrogens is 346 g/mol. The topological polar surface area (TPSA) is 82.4 Å². The lowest BCUT2D eigenvalue weighted by Gasteiger charge is -2.36. The van der Waals surface area contributed by atoms with E-state index in [0.29, 0.717) is 25.6 Å². The molecule has 0 unspecified atom stereocenters. The van der Waals surface area contributed by atoms with Crippen LogP contribution in [0.4, 0.5) is 0 Å². The first-order valence-corrected chi connectivity index (χ1v) is 9.44. The highest BCUT2D eigenvalue weighted by atomic mass is 16.5. The summed E-state index contributed by atoms with van der Waals surface area (Å²) in [5.74, 6) is -0.151. The van der Waals surface area contributed by atoms with Gasteiger partial charge in [-0.15, -0.1) is 0 Å². The molecule has 0 aromatic carbocycles. The van der Waals surface area contributed by atoms with Crippen molar-refractivity contribution in [1.82, 2.24) is 9.80 Å². The molecule has 0 bridgehead atoms. The zero-order valence-corrected chi connectivity index (χ0v) is 17.0. The van der Waals surface area contributed by atoms with Crippen LogP contribution in [0.25, 0.3) is 0 Å². The smallest absolute Gasteiger partial charge is 0.311 e. The van der Waals surface area contributed by atoms with Crippen molar-refractivity contribution in [2.24, 2.45) is 10.9 Å². The normalized spacial score (nSPS) is 17.0. The number of aliphatic carboxylic acids is 1. The first-order chi connectivity index (χ1) is 12.7. The average Bonchev–Trinajstić information content (AvgIpc) is 2.58. The molecule has 0 aromatic heterocycles. The molecule has 1 atom stereocenters.